The predicted molar refractivity (Wildman–Crippen MR) is 108 cm³/mol. The number of nitrogens with two attached hydrogens (primary N) is 1. The number of aliphatic hydroxyl groups excluding tert-OH is 1. The van der Waals surface area contributed by atoms with E-state index in [9.17, 15) is 5.11 Å². The fourth-order valence-electron chi connectivity index (χ4n) is 3.29. The Morgan fingerprint density at radius 3 is 2.57 bits per heavy atom. The number of ether oxygens (including phenoxy) is 2. The number of hydrogen-bond acceptors (Lipinski definition) is 7. The van der Waals surface area contributed by atoms with Crippen molar-refractivity contribution >= 4 is 5.82 Å². The van der Waals surface area contributed by atoms with Crippen LogP contribution in [-0.4, -0.2) is 48.7 Å². The lowest BCUT2D eigenvalue weighted by molar-refractivity contribution is 0.186. The molecule has 1 fully saturated rings. The van der Waals surface area contributed by atoms with Crippen LogP contribution in [0.25, 0.3) is 0 Å². The first-order valence-electron chi connectivity index (χ1n) is 9.33. The maximum atomic E-state index is 10.2. The van der Waals surface area contributed by atoms with E-state index in [0.29, 0.717) is 29.3 Å². The van der Waals surface area contributed by atoms with E-state index in [1.807, 2.05) is 23.7 Å². The number of aromatic nitrogens is 2. The molecule has 1 aliphatic rings. The molecule has 0 amide bonds. The lowest BCUT2D eigenvalue weighted by atomic mass is 10.1. The molecule has 1 saturated heterocycles. The van der Waals surface area contributed by atoms with Gasteiger partial charge in [-0.05, 0) is 37.9 Å². The number of nitrogens with zero attached hydrogens (tertiary/aromatic N) is 2. The second kappa shape index (κ2) is 8.97. The quantitative estimate of drug-likeness (QED) is 0.437. The minimum Gasteiger partial charge on any atom is -0.497 e. The molecular formula is C20H27N5O3. The summed E-state index contributed by atoms with van der Waals surface area (Å²) in [7, 11) is 3.18. The minimum atomic E-state index is -1.18. The van der Waals surface area contributed by atoms with Crippen molar-refractivity contribution in [1.29, 1.82) is 0 Å². The molecule has 3 rings (SSSR count). The normalized spacial score (nSPS) is 17.0. The summed E-state index contributed by atoms with van der Waals surface area (Å²) in [4.78, 5) is 0. The third-order valence-electron chi connectivity index (χ3n) is 4.64. The predicted octanol–water partition coefficient (Wildman–Crippen LogP) is 1.22. The number of benzene rings is 1. The van der Waals surface area contributed by atoms with Gasteiger partial charge in [0.15, 0.2) is 0 Å². The molecule has 8 heteroatoms. The van der Waals surface area contributed by atoms with Gasteiger partial charge in [-0.3, -0.25) is 0 Å². The van der Waals surface area contributed by atoms with E-state index >= 15 is 0 Å². The Hall–Kier alpha value is -2.73. The maximum Gasteiger partial charge on any atom is 0.145 e. The van der Waals surface area contributed by atoms with Gasteiger partial charge in [0.05, 0.1) is 25.8 Å². The fraction of sp³-hybridized carbons (Fsp3) is 0.450. The van der Waals surface area contributed by atoms with Crippen molar-refractivity contribution in [3.05, 3.63) is 35.0 Å². The maximum absolute atomic E-state index is 10.2. The van der Waals surface area contributed by atoms with Crippen LogP contribution in [0.4, 0.5) is 5.82 Å². The molecule has 28 heavy (non-hydrogen) atoms. The molecule has 1 unspecified atom stereocenters. The van der Waals surface area contributed by atoms with E-state index in [4.69, 9.17) is 15.2 Å². The van der Waals surface area contributed by atoms with E-state index in [-0.39, 0.29) is 6.04 Å². The first kappa shape index (κ1) is 20.0. The van der Waals surface area contributed by atoms with Crippen LogP contribution in [0.2, 0.25) is 0 Å². The Labute approximate surface area is 165 Å². The molecule has 150 valence electrons. The van der Waals surface area contributed by atoms with Gasteiger partial charge in [-0.25, -0.2) is 4.68 Å². The Morgan fingerprint density at radius 2 is 2.04 bits per heavy atom. The summed E-state index contributed by atoms with van der Waals surface area (Å²) in [5.74, 6) is 8.17. The summed E-state index contributed by atoms with van der Waals surface area (Å²) < 4.78 is 12.5. The molecule has 0 aliphatic carbocycles. The Kier molecular flexibility index (Phi) is 6.41. The molecule has 1 aromatic carbocycles. The smallest absolute Gasteiger partial charge is 0.145 e. The first-order chi connectivity index (χ1) is 13.6. The molecule has 0 saturated carbocycles. The van der Waals surface area contributed by atoms with E-state index in [0.717, 1.165) is 30.9 Å². The van der Waals surface area contributed by atoms with Crippen LogP contribution in [0.5, 0.6) is 11.5 Å². The van der Waals surface area contributed by atoms with Crippen molar-refractivity contribution < 1.29 is 14.6 Å². The van der Waals surface area contributed by atoms with Crippen LogP contribution < -0.4 is 25.8 Å². The molecule has 0 radical (unpaired) electrons. The van der Waals surface area contributed by atoms with Gasteiger partial charge in [0.2, 0.25) is 0 Å². The highest BCUT2D eigenvalue weighted by atomic mass is 16.5. The van der Waals surface area contributed by atoms with Gasteiger partial charge in [-0.1, -0.05) is 5.92 Å². The summed E-state index contributed by atoms with van der Waals surface area (Å²) >= 11 is 0. The largest absolute Gasteiger partial charge is 0.497 e. The fourth-order valence-corrected chi connectivity index (χ4v) is 3.29. The van der Waals surface area contributed by atoms with Crippen molar-refractivity contribution in [2.45, 2.75) is 25.6 Å². The number of rotatable bonds is 6. The number of methoxy groups -OCH3 is 2. The standard InChI is InChI=1S/C20H27N5O3/c1-4-23-20-18(19(21)26)17(24-25(20)14-7-8-22-12-14)6-5-13-9-15(27-2)11-16(10-13)28-3/h9-11,14,19,22-23,26H,4,7-8,12,21H2,1-3H3/t14-,19?/m0/s1. The number of anilines is 1. The number of aliphatic hydroxyl groups is 1. The van der Waals surface area contributed by atoms with Gasteiger partial charge in [-0.15, -0.1) is 0 Å². The molecule has 0 spiro atoms. The average molecular weight is 385 g/mol. The summed E-state index contributed by atoms with van der Waals surface area (Å²) in [5.41, 5.74) is 7.54. The zero-order chi connectivity index (χ0) is 20.1. The van der Waals surface area contributed by atoms with Gasteiger partial charge in [-0.2, -0.15) is 5.10 Å². The third kappa shape index (κ3) is 4.22. The molecule has 1 aliphatic heterocycles. The van der Waals surface area contributed by atoms with Crippen LogP contribution >= 0.6 is 0 Å². The SMILES string of the molecule is CCNc1c(C(N)O)c(C#Cc2cc(OC)cc(OC)c2)nn1[C@H]1CCNC1. The van der Waals surface area contributed by atoms with E-state index in [1.165, 1.54) is 0 Å². The Balaban J connectivity index is 2.05. The van der Waals surface area contributed by atoms with Gasteiger partial charge in [0, 0.05) is 24.7 Å². The first-order valence-corrected chi connectivity index (χ1v) is 9.33. The molecule has 2 aromatic rings. The van der Waals surface area contributed by atoms with Gasteiger partial charge < -0.3 is 30.9 Å². The van der Waals surface area contributed by atoms with E-state index in [2.05, 4.69) is 27.6 Å². The van der Waals surface area contributed by atoms with Crippen molar-refractivity contribution in [2.75, 3.05) is 39.2 Å². The molecular weight excluding hydrogens is 358 g/mol. The molecule has 8 nitrogen and oxygen atoms in total. The molecule has 2 heterocycles. The second-order valence-corrected chi connectivity index (χ2v) is 6.53. The highest BCUT2D eigenvalue weighted by molar-refractivity contribution is 5.56. The topological polar surface area (TPSA) is 107 Å². The minimum absolute atomic E-state index is 0.194. The van der Waals surface area contributed by atoms with E-state index < -0.39 is 6.23 Å². The molecule has 0 bridgehead atoms. The highest BCUT2D eigenvalue weighted by Crippen LogP contribution is 2.29. The van der Waals surface area contributed by atoms with Gasteiger partial charge >= 0.3 is 0 Å². The molecule has 5 N–H and O–H groups in total. The highest BCUT2D eigenvalue weighted by Gasteiger charge is 2.26. The molecule has 2 atom stereocenters. The van der Waals surface area contributed by atoms with Crippen LogP contribution in [-0.2, 0) is 0 Å². The monoisotopic (exact) mass is 385 g/mol. The van der Waals surface area contributed by atoms with E-state index in [1.54, 1.807) is 20.3 Å². The summed E-state index contributed by atoms with van der Waals surface area (Å²) in [6.45, 7) is 4.43. The lowest BCUT2D eigenvalue weighted by Crippen LogP contribution is -2.18. The van der Waals surface area contributed by atoms with Crippen LogP contribution in [0.15, 0.2) is 18.2 Å². The van der Waals surface area contributed by atoms with Gasteiger partial charge in [0.25, 0.3) is 0 Å². The number of nitrogens with one attached hydrogen (secondary N) is 2. The zero-order valence-electron chi connectivity index (χ0n) is 16.5. The Morgan fingerprint density at radius 1 is 1.32 bits per heavy atom. The van der Waals surface area contributed by atoms with Crippen LogP contribution in [0.3, 0.4) is 0 Å². The van der Waals surface area contributed by atoms with Crippen molar-refractivity contribution in [3.8, 4) is 23.3 Å². The molecule has 1 aromatic heterocycles. The van der Waals surface area contributed by atoms with Gasteiger partial charge in [0.1, 0.15) is 29.2 Å². The zero-order valence-corrected chi connectivity index (χ0v) is 16.5. The summed E-state index contributed by atoms with van der Waals surface area (Å²) in [6.07, 6.45) is -0.221. The van der Waals surface area contributed by atoms with Crippen molar-refractivity contribution in [2.24, 2.45) is 5.73 Å². The Bertz CT molecular complexity index is 854. The van der Waals surface area contributed by atoms with Crippen molar-refractivity contribution in [3.63, 3.8) is 0 Å². The summed E-state index contributed by atoms with van der Waals surface area (Å²) in [5, 5.41) is 21.5. The third-order valence-corrected chi connectivity index (χ3v) is 4.64. The van der Waals surface area contributed by atoms with Crippen molar-refractivity contribution in [1.82, 2.24) is 15.1 Å². The van der Waals surface area contributed by atoms with Crippen LogP contribution in [0.1, 0.15) is 42.4 Å². The number of hydrogen-bond donors (Lipinski definition) is 4. The van der Waals surface area contributed by atoms with Crippen LogP contribution in [0, 0.1) is 11.8 Å². The summed E-state index contributed by atoms with van der Waals surface area (Å²) in [6, 6.07) is 5.61. The average Bonchev–Trinajstić information content (AvgIpc) is 3.34. The lowest BCUT2D eigenvalue weighted by Gasteiger charge is -2.16. The second-order valence-electron chi connectivity index (χ2n) is 6.53.